The number of carbonyl (C=O) groups excluding carboxylic acids is 2. The van der Waals surface area contributed by atoms with Crippen molar-refractivity contribution in [1.29, 1.82) is 0 Å². The van der Waals surface area contributed by atoms with Gasteiger partial charge >= 0.3 is 5.97 Å². The quantitative estimate of drug-likeness (QED) is 0.366. The number of carbonyl (C=O) groups is 2. The molecule has 1 aliphatic rings. The summed E-state index contributed by atoms with van der Waals surface area (Å²) in [6.45, 7) is 1.68. The van der Waals surface area contributed by atoms with E-state index in [-0.39, 0.29) is 5.78 Å². The van der Waals surface area contributed by atoms with E-state index in [0.29, 0.717) is 11.3 Å². The van der Waals surface area contributed by atoms with Crippen LogP contribution in [0.3, 0.4) is 0 Å². The van der Waals surface area contributed by atoms with Crippen LogP contribution in [-0.4, -0.2) is 17.5 Å². The third-order valence-corrected chi connectivity index (χ3v) is 2.61. The van der Waals surface area contributed by atoms with E-state index in [2.05, 4.69) is 5.16 Å². The molecule has 0 N–H and O–H groups in total. The number of ketones is 1. The van der Waals surface area contributed by atoms with Gasteiger partial charge in [0, 0.05) is 6.08 Å². The molecule has 4 nitrogen and oxygen atoms in total. The molecule has 0 bridgehead atoms. The van der Waals surface area contributed by atoms with Crippen LogP contribution in [-0.2, 0) is 14.4 Å². The fourth-order valence-electron chi connectivity index (χ4n) is 1.55. The van der Waals surface area contributed by atoms with Gasteiger partial charge in [0.25, 0.3) is 0 Å². The molecule has 1 aromatic rings. The molecule has 0 aromatic heterocycles. The van der Waals surface area contributed by atoms with Gasteiger partial charge in [-0.3, -0.25) is 4.79 Å². The van der Waals surface area contributed by atoms with Gasteiger partial charge in [-0.2, -0.15) is 0 Å². The highest BCUT2D eigenvalue weighted by molar-refractivity contribution is 6.18. The first-order chi connectivity index (χ1) is 9.65. The summed E-state index contributed by atoms with van der Waals surface area (Å²) in [6.07, 6.45) is 7.40. The van der Waals surface area contributed by atoms with Crippen molar-refractivity contribution in [3.63, 3.8) is 0 Å². The molecule has 0 fully saturated rings. The Balaban J connectivity index is 1.95. The average Bonchev–Trinajstić information content (AvgIpc) is 2.47. The number of allylic oxidation sites excluding steroid dienone is 4. The molecule has 0 amide bonds. The van der Waals surface area contributed by atoms with Crippen LogP contribution in [0.1, 0.15) is 12.5 Å². The fourth-order valence-corrected chi connectivity index (χ4v) is 1.55. The molecule has 20 heavy (non-hydrogen) atoms. The Bertz CT molecular complexity index is 637. The van der Waals surface area contributed by atoms with E-state index in [1.54, 1.807) is 19.1 Å². The van der Waals surface area contributed by atoms with E-state index < -0.39 is 5.97 Å². The summed E-state index contributed by atoms with van der Waals surface area (Å²) >= 11 is 0. The lowest BCUT2D eigenvalue weighted by Crippen LogP contribution is -2.06. The first-order valence-electron chi connectivity index (χ1n) is 6.08. The molecule has 0 heterocycles. The van der Waals surface area contributed by atoms with Crippen molar-refractivity contribution in [2.24, 2.45) is 5.16 Å². The Hall–Kier alpha value is -2.75. The molecule has 4 heteroatoms. The number of hydrogen-bond acceptors (Lipinski definition) is 4. The van der Waals surface area contributed by atoms with E-state index in [1.165, 1.54) is 18.2 Å². The molecule has 1 aromatic carbocycles. The third kappa shape index (κ3) is 3.88. The van der Waals surface area contributed by atoms with Crippen LogP contribution in [0.2, 0.25) is 0 Å². The Kier molecular flexibility index (Phi) is 4.39. The minimum atomic E-state index is -0.572. The zero-order valence-corrected chi connectivity index (χ0v) is 10.9. The molecule has 0 aliphatic heterocycles. The van der Waals surface area contributed by atoms with Crippen molar-refractivity contribution in [3.05, 3.63) is 65.8 Å². The lowest BCUT2D eigenvalue weighted by Gasteiger charge is -2.02. The predicted molar refractivity (Wildman–Crippen MR) is 76.9 cm³/mol. The number of nitrogens with zero attached hydrogens (tertiary/aromatic N) is 1. The summed E-state index contributed by atoms with van der Waals surface area (Å²) in [7, 11) is 0. The van der Waals surface area contributed by atoms with E-state index in [0.717, 1.165) is 5.56 Å². The largest absolute Gasteiger partial charge is 0.358 e. The molecule has 0 saturated carbocycles. The highest BCUT2D eigenvalue weighted by Crippen LogP contribution is 2.05. The van der Waals surface area contributed by atoms with Gasteiger partial charge in [-0.15, -0.1) is 0 Å². The number of rotatable bonds is 3. The highest BCUT2D eigenvalue weighted by atomic mass is 16.7. The first kappa shape index (κ1) is 13.7. The maximum Gasteiger partial charge on any atom is 0.358 e. The Morgan fingerprint density at radius 1 is 1.20 bits per heavy atom. The van der Waals surface area contributed by atoms with Crippen molar-refractivity contribution in [3.8, 4) is 0 Å². The van der Waals surface area contributed by atoms with E-state index >= 15 is 0 Å². The monoisotopic (exact) mass is 267 g/mol. The van der Waals surface area contributed by atoms with Crippen LogP contribution in [0.4, 0.5) is 0 Å². The van der Waals surface area contributed by atoms with Gasteiger partial charge in [0.2, 0.25) is 0 Å². The van der Waals surface area contributed by atoms with Gasteiger partial charge in [-0.25, -0.2) is 4.79 Å². The van der Waals surface area contributed by atoms with Crippen LogP contribution in [0.15, 0.2) is 65.4 Å². The van der Waals surface area contributed by atoms with Gasteiger partial charge in [0.05, 0.1) is 0 Å². The van der Waals surface area contributed by atoms with Crippen molar-refractivity contribution >= 4 is 23.5 Å². The van der Waals surface area contributed by atoms with E-state index in [1.807, 2.05) is 30.3 Å². The third-order valence-electron chi connectivity index (χ3n) is 2.61. The lowest BCUT2D eigenvalue weighted by molar-refractivity contribution is -0.137. The number of oxime groups is 1. The lowest BCUT2D eigenvalue weighted by atomic mass is 10.1. The summed E-state index contributed by atoms with van der Waals surface area (Å²) in [5.74, 6) is -0.642. The molecule has 2 rings (SSSR count). The first-order valence-corrected chi connectivity index (χ1v) is 6.08. The normalized spacial score (nSPS) is 16.6. The molecule has 1 aliphatic carbocycles. The second kappa shape index (κ2) is 6.43. The second-order valence-electron chi connectivity index (χ2n) is 4.20. The molecule has 0 radical (unpaired) electrons. The van der Waals surface area contributed by atoms with Gasteiger partial charge in [0.1, 0.15) is 5.71 Å². The van der Waals surface area contributed by atoms with Crippen molar-refractivity contribution in [2.45, 2.75) is 6.92 Å². The van der Waals surface area contributed by atoms with Gasteiger partial charge in [0.15, 0.2) is 5.78 Å². The summed E-state index contributed by atoms with van der Waals surface area (Å²) in [4.78, 5) is 27.4. The SMILES string of the molecule is CC1=CC(=NOC(=O)C=Cc2ccccc2)C=CC1=O. The Morgan fingerprint density at radius 2 is 1.95 bits per heavy atom. The van der Waals surface area contributed by atoms with Crippen molar-refractivity contribution in [1.82, 2.24) is 0 Å². The minimum absolute atomic E-state index is 0.0701. The molecule has 100 valence electrons. The van der Waals surface area contributed by atoms with Crippen LogP contribution in [0.5, 0.6) is 0 Å². The topological polar surface area (TPSA) is 55.7 Å². The van der Waals surface area contributed by atoms with E-state index in [4.69, 9.17) is 4.84 Å². The summed E-state index contributed by atoms with van der Waals surface area (Å²) in [5, 5.41) is 3.68. The Labute approximate surface area is 116 Å². The van der Waals surface area contributed by atoms with Crippen LogP contribution >= 0.6 is 0 Å². The maximum atomic E-state index is 11.5. The van der Waals surface area contributed by atoms with Crippen LogP contribution < -0.4 is 0 Å². The number of benzene rings is 1. The molecule has 0 saturated heterocycles. The summed E-state index contributed by atoms with van der Waals surface area (Å²) in [5.41, 5.74) is 1.89. The second-order valence-corrected chi connectivity index (χ2v) is 4.20. The number of hydrogen-bond donors (Lipinski definition) is 0. The highest BCUT2D eigenvalue weighted by Gasteiger charge is 2.07. The zero-order chi connectivity index (χ0) is 14.4. The molecular weight excluding hydrogens is 254 g/mol. The summed E-state index contributed by atoms with van der Waals surface area (Å²) in [6, 6.07) is 9.40. The molecule has 0 atom stereocenters. The predicted octanol–water partition coefficient (Wildman–Crippen LogP) is 2.68. The van der Waals surface area contributed by atoms with Crippen LogP contribution in [0, 0.1) is 0 Å². The smallest absolute Gasteiger partial charge is 0.313 e. The standard InChI is InChI=1S/C16H13NO3/c1-12-11-14(8-9-15(12)18)17-20-16(19)10-7-13-5-3-2-4-6-13/h2-11H,1H3. The maximum absolute atomic E-state index is 11.5. The molecule has 0 unspecified atom stereocenters. The summed E-state index contributed by atoms with van der Waals surface area (Å²) < 4.78 is 0. The van der Waals surface area contributed by atoms with E-state index in [9.17, 15) is 9.59 Å². The minimum Gasteiger partial charge on any atom is -0.313 e. The fraction of sp³-hybridized carbons (Fsp3) is 0.0625. The van der Waals surface area contributed by atoms with Gasteiger partial charge in [-0.1, -0.05) is 35.5 Å². The van der Waals surface area contributed by atoms with Crippen molar-refractivity contribution in [2.75, 3.05) is 0 Å². The zero-order valence-electron chi connectivity index (χ0n) is 10.9. The molecule has 0 spiro atoms. The van der Waals surface area contributed by atoms with Gasteiger partial charge < -0.3 is 4.84 Å². The Morgan fingerprint density at radius 3 is 2.65 bits per heavy atom. The van der Waals surface area contributed by atoms with Gasteiger partial charge in [-0.05, 0) is 42.4 Å². The van der Waals surface area contributed by atoms with Crippen molar-refractivity contribution < 1.29 is 14.4 Å². The average molecular weight is 267 g/mol. The molecular formula is C16H13NO3. The van der Waals surface area contributed by atoms with Crippen LogP contribution in [0.25, 0.3) is 6.08 Å².